The first-order valence-corrected chi connectivity index (χ1v) is 11.9. The van der Waals surface area contributed by atoms with E-state index >= 15 is 0 Å². The molecule has 3 aromatic carbocycles. The van der Waals surface area contributed by atoms with Gasteiger partial charge in [-0.05, 0) is 60.0 Å². The van der Waals surface area contributed by atoms with E-state index in [1.807, 2.05) is 4.90 Å². The number of para-hydroxylation sites is 2. The molecular weight excluding hydrogens is 497 g/mol. The minimum atomic E-state index is -4.47. The number of nitrogens with zero attached hydrogens (tertiary/aromatic N) is 1. The largest absolute Gasteiger partial charge is 0.416 e. The van der Waals surface area contributed by atoms with Crippen molar-refractivity contribution in [2.75, 3.05) is 29.5 Å². The summed E-state index contributed by atoms with van der Waals surface area (Å²) in [6.45, 7) is 0.770. The monoisotopic (exact) mass is 524 g/mol. The van der Waals surface area contributed by atoms with Gasteiger partial charge in [-0.15, -0.1) is 0 Å². The van der Waals surface area contributed by atoms with Crippen LogP contribution in [0.1, 0.15) is 29.2 Å². The highest BCUT2D eigenvalue weighted by atomic mass is 19.4. The number of likely N-dealkylation sites (tertiary alicyclic amines) is 1. The smallest absolute Gasteiger partial charge is 0.397 e. The van der Waals surface area contributed by atoms with Gasteiger partial charge in [-0.3, -0.25) is 14.5 Å². The van der Waals surface area contributed by atoms with Gasteiger partial charge < -0.3 is 21.5 Å². The van der Waals surface area contributed by atoms with E-state index in [-0.39, 0.29) is 18.1 Å². The zero-order chi connectivity index (χ0) is 27.3. The Labute approximate surface area is 217 Å². The predicted molar refractivity (Wildman–Crippen MR) is 140 cm³/mol. The number of anilines is 3. The zero-order valence-corrected chi connectivity index (χ0v) is 20.3. The van der Waals surface area contributed by atoms with E-state index in [0.717, 1.165) is 12.1 Å². The lowest BCUT2D eigenvalue weighted by Gasteiger charge is -2.27. The summed E-state index contributed by atoms with van der Waals surface area (Å²) >= 11 is 0. The lowest BCUT2D eigenvalue weighted by atomic mass is 10.0. The van der Waals surface area contributed by atoms with Crippen molar-refractivity contribution in [3.63, 3.8) is 0 Å². The third-order valence-corrected chi connectivity index (χ3v) is 6.19. The van der Waals surface area contributed by atoms with Crippen LogP contribution in [-0.2, 0) is 15.8 Å². The molecule has 4 rings (SSSR count). The van der Waals surface area contributed by atoms with Crippen molar-refractivity contribution in [3.05, 3.63) is 95.6 Å². The highest BCUT2D eigenvalue weighted by Gasteiger charge is 2.33. The summed E-state index contributed by atoms with van der Waals surface area (Å²) in [6.07, 6.45) is -1.55. The van der Waals surface area contributed by atoms with E-state index in [4.69, 9.17) is 5.73 Å². The van der Waals surface area contributed by atoms with E-state index in [2.05, 4.69) is 10.6 Å². The first kappa shape index (κ1) is 26.9. The Morgan fingerprint density at radius 1 is 1.00 bits per heavy atom. The number of nitrogen functional groups attached to an aromatic ring is 1. The number of alkyl halides is 3. The molecule has 1 unspecified atom stereocenters. The van der Waals surface area contributed by atoms with Crippen LogP contribution in [-0.4, -0.2) is 41.0 Å². The molecule has 1 fully saturated rings. The fourth-order valence-electron chi connectivity index (χ4n) is 4.23. The summed E-state index contributed by atoms with van der Waals surface area (Å²) in [4.78, 5) is 27.3. The molecule has 0 spiro atoms. The number of nitrogens with one attached hydrogen (secondary N) is 2. The Kier molecular flexibility index (Phi) is 8.13. The molecular formula is C28H27F3N4O3. The minimum Gasteiger partial charge on any atom is -0.397 e. The Morgan fingerprint density at radius 2 is 1.68 bits per heavy atom. The van der Waals surface area contributed by atoms with Crippen LogP contribution in [0.3, 0.4) is 0 Å². The molecule has 0 radical (unpaired) electrons. The number of amides is 2. The molecule has 1 saturated heterocycles. The molecule has 0 aromatic heterocycles. The fraction of sp³-hybridized carbons (Fsp3) is 0.214. The molecule has 198 valence electrons. The maximum atomic E-state index is 13.3. The second kappa shape index (κ2) is 11.5. The van der Waals surface area contributed by atoms with Crippen molar-refractivity contribution in [3.8, 4) is 0 Å². The van der Waals surface area contributed by atoms with Gasteiger partial charge in [0.25, 0.3) is 0 Å². The van der Waals surface area contributed by atoms with E-state index in [0.29, 0.717) is 35.5 Å². The second-order valence-electron chi connectivity index (χ2n) is 8.98. The van der Waals surface area contributed by atoms with Gasteiger partial charge in [0.05, 0.1) is 23.0 Å². The zero-order valence-electron chi connectivity index (χ0n) is 20.3. The predicted octanol–water partition coefficient (Wildman–Crippen LogP) is 4.69. The Morgan fingerprint density at radius 3 is 2.29 bits per heavy atom. The van der Waals surface area contributed by atoms with E-state index in [1.165, 1.54) is 18.2 Å². The molecule has 7 nitrogen and oxygen atoms in total. The van der Waals surface area contributed by atoms with Gasteiger partial charge in [0.2, 0.25) is 11.8 Å². The first-order valence-electron chi connectivity index (χ1n) is 11.9. The van der Waals surface area contributed by atoms with Crippen LogP contribution in [0.25, 0.3) is 6.08 Å². The van der Waals surface area contributed by atoms with Crippen LogP contribution in [0.4, 0.5) is 30.2 Å². The van der Waals surface area contributed by atoms with Gasteiger partial charge in [-0.25, -0.2) is 0 Å². The van der Waals surface area contributed by atoms with Gasteiger partial charge in [0.1, 0.15) is 6.04 Å². The lowest BCUT2D eigenvalue weighted by molar-refractivity contribution is -0.137. The van der Waals surface area contributed by atoms with Gasteiger partial charge >= 0.3 is 6.18 Å². The second-order valence-corrected chi connectivity index (χ2v) is 8.98. The molecule has 1 heterocycles. The quantitative estimate of drug-likeness (QED) is 0.265. The number of hydrogen-bond donors (Lipinski definition) is 4. The number of carbonyl (C=O) groups excluding carboxylic acids is 2. The average Bonchev–Trinajstić information content (AvgIpc) is 3.30. The summed E-state index contributed by atoms with van der Waals surface area (Å²) in [5, 5.41) is 15.4. The molecule has 10 heteroatoms. The van der Waals surface area contributed by atoms with E-state index in [9.17, 15) is 27.9 Å². The Balaban J connectivity index is 1.47. The summed E-state index contributed by atoms with van der Waals surface area (Å²) in [7, 11) is 0. The molecule has 2 amide bonds. The van der Waals surface area contributed by atoms with Gasteiger partial charge in [-0.2, -0.15) is 13.2 Å². The number of rotatable bonds is 7. The van der Waals surface area contributed by atoms with Crippen LogP contribution in [0.2, 0.25) is 0 Å². The number of carbonyl (C=O) groups is 2. The SMILES string of the molecule is Nc1ccccc1NC(=O)/C=C/c1ccc(C(C(=O)Nc2ccc(C(F)(F)F)cc2)N2CC[C@H](O)C2)cc1. The third-order valence-electron chi connectivity index (χ3n) is 6.19. The molecule has 38 heavy (non-hydrogen) atoms. The van der Waals surface area contributed by atoms with Crippen LogP contribution >= 0.6 is 0 Å². The van der Waals surface area contributed by atoms with Crippen molar-refractivity contribution < 1.29 is 27.9 Å². The van der Waals surface area contributed by atoms with Gasteiger partial charge in [0.15, 0.2) is 0 Å². The third kappa shape index (κ3) is 6.78. The van der Waals surface area contributed by atoms with Crippen molar-refractivity contribution in [2.45, 2.75) is 24.7 Å². The van der Waals surface area contributed by atoms with E-state index < -0.39 is 29.8 Å². The average molecular weight is 525 g/mol. The van der Waals surface area contributed by atoms with Crippen LogP contribution in [0, 0.1) is 0 Å². The number of benzene rings is 3. The summed E-state index contributed by atoms with van der Waals surface area (Å²) in [5.41, 5.74) is 7.58. The molecule has 0 bridgehead atoms. The first-order chi connectivity index (χ1) is 18.1. The lowest BCUT2D eigenvalue weighted by Crippen LogP contribution is -2.36. The molecule has 3 aromatic rings. The summed E-state index contributed by atoms with van der Waals surface area (Å²) in [6, 6.07) is 17.4. The summed E-state index contributed by atoms with van der Waals surface area (Å²) < 4.78 is 38.6. The van der Waals surface area contributed by atoms with Crippen LogP contribution in [0.5, 0.6) is 0 Å². The number of nitrogens with two attached hydrogens (primary N) is 1. The van der Waals surface area contributed by atoms with Gasteiger partial charge in [0, 0.05) is 24.9 Å². The number of β-amino-alcohol motifs (C(OH)–C–C–N with tert-alkyl or cyclic N) is 1. The molecule has 2 atom stereocenters. The molecule has 0 saturated carbocycles. The van der Waals surface area contributed by atoms with Crippen molar-refractivity contribution in [2.24, 2.45) is 0 Å². The van der Waals surface area contributed by atoms with Crippen molar-refractivity contribution in [1.82, 2.24) is 4.90 Å². The van der Waals surface area contributed by atoms with E-state index in [1.54, 1.807) is 54.6 Å². The molecule has 5 N–H and O–H groups in total. The Hall–Kier alpha value is -4.15. The normalized spacial score (nSPS) is 16.9. The highest BCUT2D eigenvalue weighted by molar-refractivity contribution is 6.03. The standard InChI is InChI=1S/C28H27F3N4O3/c29-28(30,31)20-10-12-21(13-11-20)33-27(38)26(35-16-15-22(36)17-35)19-8-5-18(6-9-19)7-14-25(37)34-24-4-2-1-3-23(24)32/h1-14,22,26,36H,15-17,32H2,(H,33,38)(H,34,37)/b14-7+/t22-,26?/m0/s1. The fourth-order valence-corrected chi connectivity index (χ4v) is 4.23. The number of aliphatic hydroxyl groups is 1. The maximum absolute atomic E-state index is 13.3. The van der Waals surface area contributed by atoms with Crippen LogP contribution < -0.4 is 16.4 Å². The number of halogens is 3. The highest BCUT2D eigenvalue weighted by Crippen LogP contribution is 2.31. The summed E-state index contributed by atoms with van der Waals surface area (Å²) in [5.74, 6) is -0.784. The van der Waals surface area contributed by atoms with Gasteiger partial charge in [-0.1, -0.05) is 36.4 Å². The minimum absolute atomic E-state index is 0.234. The van der Waals surface area contributed by atoms with Crippen molar-refractivity contribution >= 4 is 35.0 Å². The maximum Gasteiger partial charge on any atom is 0.416 e. The van der Waals surface area contributed by atoms with Crippen molar-refractivity contribution in [1.29, 1.82) is 0 Å². The topological polar surface area (TPSA) is 108 Å². The van der Waals surface area contributed by atoms with Crippen LogP contribution in [0.15, 0.2) is 78.9 Å². The Bertz CT molecular complexity index is 1310. The number of aliphatic hydroxyl groups excluding tert-OH is 1. The molecule has 1 aliphatic heterocycles. The molecule has 0 aliphatic carbocycles. The molecule has 1 aliphatic rings. The number of hydrogen-bond acceptors (Lipinski definition) is 5.